The van der Waals surface area contributed by atoms with Crippen LogP contribution in [-0.4, -0.2) is 43.3 Å². The third-order valence-corrected chi connectivity index (χ3v) is 7.96. The smallest absolute Gasteiger partial charge is 0.255 e. The molecule has 41 heavy (non-hydrogen) atoms. The number of carbonyl (C=O) groups is 1. The number of ether oxygens (including phenoxy) is 4. The van der Waals surface area contributed by atoms with E-state index in [2.05, 4.69) is 13.5 Å². The first-order valence-corrected chi connectivity index (χ1v) is 14.4. The van der Waals surface area contributed by atoms with Crippen LogP contribution < -0.4 is 9.47 Å². The standard InChI is InChI=1S/C33H37Cl2NO5/c1-6-17-33(3)32(37)36(27(7-2)21-40-20-22-11-16-28(38-4)29(18-22)39-5)30(23-12-14-25(34)15-13-23)31(41-33)24-9-8-10-26(35)19-24/h6,8-16,18-19,27,30-31H,1,7,17,20-21H2,2-5H3/t27?,30-,31-,33-/m1/s1. The van der Waals surface area contributed by atoms with E-state index in [0.29, 0.717) is 47.6 Å². The van der Waals surface area contributed by atoms with Gasteiger partial charge in [0.15, 0.2) is 11.5 Å². The number of halogens is 2. The van der Waals surface area contributed by atoms with Crippen LogP contribution in [0, 0.1) is 0 Å². The van der Waals surface area contributed by atoms with Gasteiger partial charge in [-0.25, -0.2) is 0 Å². The Balaban J connectivity index is 1.71. The number of nitrogens with zero attached hydrogens (tertiary/aromatic N) is 1. The van der Waals surface area contributed by atoms with E-state index in [1.807, 2.05) is 78.6 Å². The molecule has 4 rings (SSSR count). The number of morpholine rings is 1. The summed E-state index contributed by atoms with van der Waals surface area (Å²) >= 11 is 12.7. The molecule has 0 aromatic heterocycles. The minimum Gasteiger partial charge on any atom is -0.493 e. The quantitative estimate of drug-likeness (QED) is 0.198. The van der Waals surface area contributed by atoms with Crippen molar-refractivity contribution in [2.75, 3.05) is 20.8 Å². The molecule has 0 saturated carbocycles. The highest BCUT2D eigenvalue weighted by molar-refractivity contribution is 6.30. The van der Waals surface area contributed by atoms with Gasteiger partial charge in [0.1, 0.15) is 11.7 Å². The summed E-state index contributed by atoms with van der Waals surface area (Å²) in [6.07, 6.45) is 2.27. The number of benzene rings is 3. The van der Waals surface area contributed by atoms with Crippen molar-refractivity contribution in [3.63, 3.8) is 0 Å². The lowest BCUT2D eigenvalue weighted by Crippen LogP contribution is -2.60. The van der Waals surface area contributed by atoms with E-state index in [4.69, 9.17) is 42.1 Å². The molecule has 0 spiro atoms. The average Bonchev–Trinajstić information content (AvgIpc) is 2.97. The number of hydrogen-bond donors (Lipinski definition) is 0. The predicted molar refractivity (Wildman–Crippen MR) is 163 cm³/mol. The predicted octanol–water partition coefficient (Wildman–Crippen LogP) is 7.98. The van der Waals surface area contributed by atoms with Gasteiger partial charge in [-0.05, 0) is 66.4 Å². The van der Waals surface area contributed by atoms with Gasteiger partial charge in [-0.1, -0.05) is 66.5 Å². The van der Waals surface area contributed by atoms with Gasteiger partial charge in [0.2, 0.25) is 0 Å². The van der Waals surface area contributed by atoms with Gasteiger partial charge in [0, 0.05) is 16.5 Å². The summed E-state index contributed by atoms with van der Waals surface area (Å²) in [5.74, 6) is 1.18. The zero-order valence-corrected chi connectivity index (χ0v) is 25.5. The maximum Gasteiger partial charge on any atom is 0.255 e. The molecule has 1 unspecified atom stereocenters. The van der Waals surface area contributed by atoms with Crippen LogP contribution in [0.5, 0.6) is 11.5 Å². The Morgan fingerprint density at radius 1 is 1.00 bits per heavy atom. The molecule has 4 atom stereocenters. The maximum absolute atomic E-state index is 14.3. The number of methoxy groups -OCH3 is 2. The van der Waals surface area contributed by atoms with Crippen LogP contribution >= 0.6 is 23.2 Å². The molecule has 3 aromatic rings. The van der Waals surface area contributed by atoms with Gasteiger partial charge in [0.05, 0.1) is 39.5 Å². The van der Waals surface area contributed by atoms with E-state index < -0.39 is 17.7 Å². The van der Waals surface area contributed by atoms with Crippen molar-refractivity contribution < 1.29 is 23.7 Å². The summed E-state index contributed by atoms with van der Waals surface area (Å²) in [7, 11) is 3.21. The van der Waals surface area contributed by atoms with Gasteiger partial charge < -0.3 is 23.8 Å². The van der Waals surface area contributed by atoms with E-state index in [1.165, 1.54) is 0 Å². The van der Waals surface area contributed by atoms with E-state index in [0.717, 1.165) is 16.7 Å². The molecule has 1 heterocycles. The molecule has 0 radical (unpaired) electrons. The Morgan fingerprint density at radius 3 is 2.37 bits per heavy atom. The summed E-state index contributed by atoms with van der Waals surface area (Å²) in [6.45, 7) is 8.47. The van der Waals surface area contributed by atoms with E-state index in [-0.39, 0.29) is 11.9 Å². The average molecular weight is 599 g/mol. The molecular weight excluding hydrogens is 561 g/mol. The molecule has 1 aliphatic heterocycles. The zero-order valence-electron chi connectivity index (χ0n) is 23.9. The topological polar surface area (TPSA) is 57.2 Å². The molecule has 6 nitrogen and oxygen atoms in total. The third-order valence-electron chi connectivity index (χ3n) is 7.47. The fourth-order valence-corrected chi connectivity index (χ4v) is 5.68. The SMILES string of the molecule is C=CC[C@@]1(C)O[C@H](c2cccc(Cl)c2)[C@@H](c2ccc(Cl)cc2)N(C(CC)COCc2ccc(OC)c(OC)c2)C1=O. The molecule has 0 aliphatic carbocycles. The molecule has 0 N–H and O–H groups in total. The Morgan fingerprint density at radius 2 is 1.73 bits per heavy atom. The molecule has 8 heteroatoms. The van der Waals surface area contributed by atoms with Gasteiger partial charge in [-0.3, -0.25) is 4.79 Å². The minimum absolute atomic E-state index is 0.114. The summed E-state index contributed by atoms with van der Waals surface area (Å²) in [6, 6.07) is 20.2. The van der Waals surface area contributed by atoms with Crippen LogP contribution in [0.25, 0.3) is 0 Å². The monoisotopic (exact) mass is 597 g/mol. The Hall–Kier alpha value is -3.03. The van der Waals surface area contributed by atoms with Gasteiger partial charge >= 0.3 is 0 Å². The second-order valence-electron chi connectivity index (χ2n) is 10.3. The molecule has 1 saturated heterocycles. The van der Waals surface area contributed by atoms with Crippen molar-refractivity contribution in [2.24, 2.45) is 0 Å². The Kier molecular flexibility index (Phi) is 10.4. The van der Waals surface area contributed by atoms with Crippen molar-refractivity contribution in [1.29, 1.82) is 0 Å². The molecule has 1 fully saturated rings. The van der Waals surface area contributed by atoms with Crippen molar-refractivity contribution in [2.45, 2.75) is 57.1 Å². The lowest BCUT2D eigenvalue weighted by atomic mass is 9.86. The van der Waals surface area contributed by atoms with Crippen molar-refractivity contribution >= 4 is 29.1 Å². The highest BCUT2D eigenvalue weighted by atomic mass is 35.5. The second-order valence-corrected chi connectivity index (χ2v) is 11.2. The lowest BCUT2D eigenvalue weighted by molar-refractivity contribution is -0.204. The Labute approximate surface area is 252 Å². The fourth-order valence-electron chi connectivity index (χ4n) is 5.35. The molecule has 218 valence electrons. The highest BCUT2D eigenvalue weighted by Gasteiger charge is 2.52. The molecule has 3 aromatic carbocycles. The molecule has 0 bridgehead atoms. The van der Waals surface area contributed by atoms with Crippen LogP contribution in [0.3, 0.4) is 0 Å². The lowest BCUT2D eigenvalue weighted by Gasteiger charge is -2.51. The number of carbonyl (C=O) groups excluding carboxylic acids is 1. The largest absolute Gasteiger partial charge is 0.493 e. The zero-order chi connectivity index (χ0) is 29.6. The van der Waals surface area contributed by atoms with Crippen LogP contribution in [-0.2, 0) is 20.9 Å². The first kappa shape index (κ1) is 30.9. The van der Waals surface area contributed by atoms with Crippen LogP contribution in [0.15, 0.2) is 79.4 Å². The van der Waals surface area contributed by atoms with Gasteiger partial charge in [0.25, 0.3) is 5.91 Å². The fraction of sp³-hybridized carbons (Fsp3) is 0.364. The minimum atomic E-state index is -1.12. The maximum atomic E-state index is 14.3. The van der Waals surface area contributed by atoms with Crippen LogP contribution in [0.2, 0.25) is 10.0 Å². The van der Waals surface area contributed by atoms with Crippen molar-refractivity contribution in [3.8, 4) is 11.5 Å². The van der Waals surface area contributed by atoms with E-state index in [1.54, 1.807) is 20.3 Å². The third kappa shape index (κ3) is 6.90. The molecule has 1 amide bonds. The summed E-state index contributed by atoms with van der Waals surface area (Å²) in [5, 5.41) is 1.21. The summed E-state index contributed by atoms with van der Waals surface area (Å²) in [5.41, 5.74) is 1.61. The first-order chi connectivity index (χ1) is 19.7. The number of hydrogen-bond acceptors (Lipinski definition) is 5. The first-order valence-electron chi connectivity index (χ1n) is 13.7. The van der Waals surface area contributed by atoms with Crippen molar-refractivity contribution in [1.82, 2.24) is 4.90 Å². The van der Waals surface area contributed by atoms with Gasteiger partial charge in [-0.2, -0.15) is 0 Å². The van der Waals surface area contributed by atoms with Crippen LogP contribution in [0.1, 0.15) is 55.5 Å². The highest BCUT2D eigenvalue weighted by Crippen LogP contribution is 2.48. The molecular formula is C33H37Cl2NO5. The summed E-state index contributed by atoms with van der Waals surface area (Å²) in [4.78, 5) is 16.3. The number of rotatable bonds is 12. The Bertz CT molecular complexity index is 1350. The molecule has 1 aliphatic rings. The summed E-state index contributed by atoms with van der Waals surface area (Å²) < 4.78 is 23.7. The normalized spacial score (nSPS) is 21.4. The van der Waals surface area contributed by atoms with E-state index in [9.17, 15) is 4.79 Å². The van der Waals surface area contributed by atoms with E-state index >= 15 is 0 Å². The van der Waals surface area contributed by atoms with Gasteiger partial charge in [-0.15, -0.1) is 6.58 Å². The van der Waals surface area contributed by atoms with Crippen LogP contribution in [0.4, 0.5) is 0 Å². The number of amides is 1. The van der Waals surface area contributed by atoms with Crippen molar-refractivity contribution in [3.05, 3.63) is 106 Å². The second kappa shape index (κ2) is 13.8.